The second kappa shape index (κ2) is 7.92. The van der Waals surface area contributed by atoms with Crippen molar-refractivity contribution in [1.82, 2.24) is 10.2 Å². The molecular weight excluding hydrogens is 260 g/mol. The fourth-order valence-electron chi connectivity index (χ4n) is 3.17. The van der Waals surface area contributed by atoms with Crippen LogP contribution in [-0.2, 0) is 4.74 Å². The minimum absolute atomic E-state index is 0.286. The van der Waals surface area contributed by atoms with E-state index in [-0.39, 0.29) is 6.10 Å². The fourth-order valence-corrected chi connectivity index (χ4v) is 3.17. The quantitative estimate of drug-likeness (QED) is 0.871. The van der Waals surface area contributed by atoms with Crippen molar-refractivity contribution in [2.45, 2.75) is 45.4 Å². The number of methoxy groups -OCH3 is 1. The summed E-state index contributed by atoms with van der Waals surface area (Å²) in [6.07, 6.45) is 1.53. The van der Waals surface area contributed by atoms with Crippen molar-refractivity contribution in [1.29, 1.82) is 0 Å². The Balaban J connectivity index is 2.05. The van der Waals surface area contributed by atoms with Crippen molar-refractivity contribution in [3.05, 3.63) is 35.9 Å². The van der Waals surface area contributed by atoms with Crippen LogP contribution in [-0.4, -0.2) is 43.8 Å². The minimum Gasteiger partial charge on any atom is -0.380 e. The van der Waals surface area contributed by atoms with Crippen LogP contribution >= 0.6 is 0 Å². The van der Waals surface area contributed by atoms with E-state index in [1.807, 2.05) is 0 Å². The first-order valence-corrected chi connectivity index (χ1v) is 8.15. The first-order chi connectivity index (χ1) is 10.1. The monoisotopic (exact) mass is 290 g/mol. The van der Waals surface area contributed by atoms with Crippen molar-refractivity contribution in [3.63, 3.8) is 0 Å². The molecule has 3 atom stereocenters. The van der Waals surface area contributed by atoms with Crippen LogP contribution in [0.4, 0.5) is 0 Å². The van der Waals surface area contributed by atoms with E-state index in [2.05, 4.69) is 61.3 Å². The predicted octanol–water partition coefficient (Wildman–Crippen LogP) is 3.08. The van der Waals surface area contributed by atoms with Gasteiger partial charge < -0.3 is 10.1 Å². The van der Waals surface area contributed by atoms with Crippen LogP contribution in [0.15, 0.2) is 30.3 Å². The zero-order valence-corrected chi connectivity index (χ0v) is 13.9. The Morgan fingerprint density at radius 2 is 1.95 bits per heavy atom. The third kappa shape index (κ3) is 4.80. The molecule has 3 heteroatoms. The molecule has 1 heterocycles. The molecule has 1 aliphatic heterocycles. The molecule has 0 saturated carbocycles. The standard InChI is InChI=1S/C18H30N2O/c1-14(2)10-17-11-19-18(16-8-6-5-7-9-16)13-20(17)12-15(3)21-4/h5-9,14-15,17-19H,10-13H2,1-4H3. The topological polar surface area (TPSA) is 24.5 Å². The maximum atomic E-state index is 5.49. The first-order valence-electron chi connectivity index (χ1n) is 8.15. The number of nitrogens with one attached hydrogen (secondary N) is 1. The fraction of sp³-hybridized carbons (Fsp3) is 0.667. The number of nitrogens with zero attached hydrogens (tertiary/aromatic N) is 1. The highest BCUT2D eigenvalue weighted by Gasteiger charge is 2.29. The normalized spacial score (nSPS) is 25.2. The lowest BCUT2D eigenvalue weighted by Crippen LogP contribution is -2.54. The largest absolute Gasteiger partial charge is 0.380 e. The van der Waals surface area contributed by atoms with E-state index in [0.717, 1.165) is 25.6 Å². The van der Waals surface area contributed by atoms with Crippen LogP contribution in [0, 0.1) is 5.92 Å². The lowest BCUT2D eigenvalue weighted by Gasteiger charge is -2.42. The Morgan fingerprint density at radius 1 is 1.24 bits per heavy atom. The van der Waals surface area contributed by atoms with E-state index in [1.165, 1.54) is 12.0 Å². The van der Waals surface area contributed by atoms with Crippen LogP contribution in [0.5, 0.6) is 0 Å². The molecule has 3 unspecified atom stereocenters. The van der Waals surface area contributed by atoms with Gasteiger partial charge in [-0.15, -0.1) is 0 Å². The summed E-state index contributed by atoms with van der Waals surface area (Å²) in [4.78, 5) is 2.61. The van der Waals surface area contributed by atoms with Gasteiger partial charge in [-0.3, -0.25) is 4.90 Å². The van der Waals surface area contributed by atoms with E-state index in [0.29, 0.717) is 12.1 Å². The summed E-state index contributed by atoms with van der Waals surface area (Å²) in [5.41, 5.74) is 1.38. The number of hydrogen-bond donors (Lipinski definition) is 1. The van der Waals surface area contributed by atoms with Crippen LogP contribution in [0.25, 0.3) is 0 Å². The molecule has 1 aromatic carbocycles. The van der Waals surface area contributed by atoms with E-state index >= 15 is 0 Å². The molecule has 1 fully saturated rings. The molecular formula is C18H30N2O. The number of ether oxygens (including phenoxy) is 1. The van der Waals surface area contributed by atoms with Gasteiger partial charge in [0, 0.05) is 38.8 Å². The van der Waals surface area contributed by atoms with E-state index in [4.69, 9.17) is 4.74 Å². The molecule has 0 bridgehead atoms. The average molecular weight is 290 g/mol. The maximum Gasteiger partial charge on any atom is 0.0670 e. The van der Waals surface area contributed by atoms with E-state index in [1.54, 1.807) is 7.11 Å². The highest BCUT2D eigenvalue weighted by atomic mass is 16.5. The van der Waals surface area contributed by atoms with Crippen molar-refractivity contribution < 1.29 is 4.74 Å². The summed E-state index contributed by atoms with van der Waals surface area (Å²) in [5, 5.41) is 3.73. The molecule has 118 valence electrons. The molecule has 1 saturated heterocycles. The van der Waals surface area contributed by atoms with Gasteiger partial charge in [0.05, 0.1) is 6.10 Å². The molecule has 1 N–H and O–H groups in total. The molecule has 3 nitrogen and oxygen atoms in total. The lowest BCUT2D eigenvalue weighted by molar-refractivity contribution is 0.0353. The van der Waals surface area contributed by atoms with E-state index in [9.17, 15) is 0 Å². The average Bonchev–Trinajstić information content (AvgIpc) is 2.49. The third-order valence-electron chi connectivity index (χ3n) is 4.37. The number of piperazine rings is 1. The zero-order chi connectivity index (χ0) is 15.2. The van der Waals surface area contributed by atoms with Crippen LogP contribution in [0.2, 0.25) is 0 Å². The van der Waals surface area contributed by atoms with Gasteiger partial charge in [0.2, 0.25) is 0 Å². The molecule has 2 rings (SSSR count). The van der Waals surface area contributed by atoms with Gasteiger partial charge in [0.25, 0.3) is 0 Å². The van der Waals surface area contributed by atoms with Gasteiger partial charge in [-0.25, -0.2) is 0 Å². The van der Waals surface area contributed by atoms with Crippen LogP contribution in [0.3, 0.4) is 0 Å². The maximum absolute atomic E-state index is 5.49. The summed E-state index contributed by atoms with van der Waals surface area (Å²) >= 11 is 0. The number of benzene rings is 1. The van der Waals surface area contributed by atoms with Gasteiger partial charge >= 0.3 is 0 Å². The predicted molar refractivity (Wildman–Crippen MR) is 88.5 cm³/mol. The van der Waals surface area contributed by atoms with Crippen molar-refractivity contribution in [2.24, 2.45) is 5.92 Å². The summed E-state index contributed by atoms with van der Waals surface area (Å²) in [6, 6.07) is 11.8. The number of rotatable bonds is 6. The second-order valence-electron chi connectivity index (χ2n) is 6.66. The first kappa shape index (κ1) is 16.5. The Hall–Kier alpha value is -0.900. The van der Waals surface area contributed by atoms with Gasteiger partial charge in [0.1, 0.15) is 0 Å². The molecule has 0 radical (unpaired) electrons. The SMILES string of the molecule is COC(C)CN1CC(c2ccccc2)NCC1CC(C)C. The van der Waals surface area contributed by atoms with Gasteiger partial charge in [-0.2, -0.15) is 0 Å². The summed E-state index contributed by atoms with van der Waals surface area (Å²) in [6.45, 7) is 9.91. The minimum atomic E-state index is 0.286. The molecule has 0 aromatic heterocycles. The Kier molecular flexibility index (Phi) is 6.22. The van der Waals surface area contributed by atoms with Crippen molar-refractivity contribution in [2.75, 3.05) is 26.7 Å². The van der Waals surface area contributed by atoms with Crippen molar-refractivity contribution in [3.8, 4) is 0 Å². The van der Waals surface area contributed by atoms with E-state index < -0.39 is 0 Å². The molecule has 21 heavy (non-hydrogen) atoms. The summed E-state index contributed by atoms with van der Waals surface area (Å²) in [7, 11) is 1.80. The highest BCUT2D eigenvalue weighted by Crippen LogP contribution is 2.23. The number of hydrogen-bond acceptors (Lipinski definition) is 3. The Bertz CT molecular complexity index is 407. The molecule has 0 amide bonds. The Labute approximate surface area is 129 Å². The second-order valence-corrected chi connectivity index (χ2v) is 6.66. The van der Waals surface area contributed by atoms with Crippen LogP contribution in [0.1, 0.15) is 38.8 Å². The Morgan fingerprint density at radius 3 is 2.57 bits per heavy atom. The third-order valence-corrected chi connectivity index (χ3v) is 4.37. The van der Waals surface area contributed by atoms with Crippen LogP contribution < -0.4 is 5.32 Å². The van der Waals surface area contributed by atoms with Gasteiger partial charge in [0.15, 0.2) is 0 Å². The summed E-state index contributed by atoms with van der Waals surface area (Å²) < 4.78 is 5.49. The zero-order valence-electron chi connectivity index (χ0n) is 13.9. The molecule has 1 aliphatic rings. The molecule has 0 spiro atoms. The smallest absolute Gasteiger partial charge is 0.0670 e. The van der Waals surface area contributed by atoms with Crippen molar-refractivity contribution >= 4 is 0 Å². The molecule has 0 aliphatic carbocycles. The lowest BCUT2D eigenvalue weighted by atomic mass is 9.96. The van der Waals surface area contributed by atoms with Gasteiger partial charge in [-0.1, -0.05) is 44.2 Å². The summed E-state index contributed by atoms with van der Waals surface area (Å²) in [5.74, 6) is 0.727. The highest BCUT2D eigenvalue weighted by molar-refractivity contribution is 5.20. The van der Waals surface area contributed by atoms with Gasteiger partial charge in [-0.05, 0) is 24.8 Å². The molecule has 1 aromatic rings.